The van der Waals surface area contributed by atoms with Crippen molar-refractivity contribution in [3.63, 3.8) is 0 Å². The molecule has 0 saturated heterocycles. The number of hydrogen-bond acceptors (Lipinski definition) is 4. The van der Waals surface area contributed by atoms with Crippen LogP contribution in [0.2, 0.25) is 10.0 Å². The zero-order valence-electron chi connectivity index (χ0n) is 23.2. The molecule has 1 fully saturated rings. The highest BCUT2D eigenvalue weighted by atomic mass is 35.5. The number of anilines is 1. The molecular formula is C29H39Cl2N3O4S. The van der Waals surface area contributed by atoms with Crippen molar-refractivity contribution in [2.45, 2.75) is 84.3 Å². The molecule has 2 aromatic rings. The van der Waals surface area contributed by atoms with E-state index in [0.717, 1.165) is 42.4 Å². The molecular weight excluding hydrogens is 557 g/mol. The number of benzene rings is 2. The Morgan fingerprint density at radius 1 is 1.03 bits per heavy atom. The molecule has 1 atom stereocenters. The van der Waals surface area contributed by atoms with Gasteiger partial charge in [0, 0.05) is 25.6 Å². The number of nitrogens with zero attached hydrogens (tertiary/aromatic N) is 2. The highest BCUT2D eigenvalue weighted by Gasteiger charge is 2.28. The van der Waals surface area contributed by atoms with E-state index in [1.807, 2.05) is 32.0 Å². The van der Waals surface area contributed by atoms with E-state index in [-0.39, 0.29) is 37.4 Å². The van der Waals surface area contributed by atoms with Crippen molar-refractivity contribution < 1.29 is 18.0 Å². The smallest absolute Gasteiger partial charge is 0.242 e. The van der Waals surface area contributed by atoms with Crippen molar-refractivity contribution >= 4 is 50.7 Å². The fraction of sp³-hybridized carbons (Fsp3) is 0.517. The summed E-state index contributed by atoms with van der Waals surface area (Å²) in [6.45, 7) is 5.84. The molecule has 1 aliphatic rings. The van der Waals surface area contributed by atoms with E-state index < -0.39 is 16.1 Å². The van der Waals surface area contributed by atoms with Gasteiger partial charge in [-0.2, -0.15) is 0 Å². The number of carbonyl (C=O) groups is 2. The molecule has 1 saturated carbocycles. The molecule has 0 bridgehead atoms. The van der Waals surface area contributed by atoms with Crippen LogP contribution in [0.25, 0.3) is 0 Å². The lowest BCUT2D eigenvalue weighted by Crippen LogP contribution is -2.50. The third kappa shape index (κ3) is 8.85. The fourth-order valence-corrected chi connectivity index (χ4v) is 6.29. The summed E-state index contributed by atoms with van der Waals surface area (Å²) in [4.78, 5) is 28.3. The van der Waals surface area contributed by atoms with Gasteiger partial charge in [-0.25, -0.2) is 8.42 Å². The van der Waals surface area contributed by atoms with Gasteiger partial charge >= 0.3 is 0 Å². The number of hydrogen-bond donors (Lipinski definition) is 1. The van der Waals surface area contributed by atoms with Crippen LogP contribution in [0.15, 0.2) is 36.4 Å². The lowest BCUT2D eigenvalue weighted by atomic mass is 9.95. The predicted octanol–water partition coefficient (Wildman–Crippen LogP) is 6.02. The Labute approximate surface area is 242 Å². The number of rotatable bonds is 11. The first kappa shape index (κ1) is 31.2. The van der Waals surface area contributed by atoms with Crippen LogP contribution in [0.4, 0.5) is 5.69 Å². The molecule has 0 radical (unpaired) electrons. The summed E-state index contributed by atoms with van der Waals surface area (Å²) in [6, 6.07) is 10.2. The molecule has 214 valence electrons. The lowest BCUT2D eigenvalue weighted by molar-refractivity contribution is -0.141. The SMILES string of the molecule is Cc1ccc(C)c(N(CCCC(=O)N(Cc2ccc(Cl)c(Cl)c2)[C@@H](C)C(=O)NC2CCCCC2)S(C)(=O)=O)c1. The molecule has 3 rings (SSSR count). The topological polar surface area (TPSA) is 86.8 Å². The number of sulfonamides is 1. The molecule has 1 N–H and O–H groups in total. The normalized spacial score (nSPS) is 15.0. The van der Waals surface area contributed by atoms with Crippen LogP contribution in [0.5, 0.6) is 0 Å². The van der Waals surface area contributed by atoms with Gasteiger partial charge in [-0.05, 0) is 74.9 Å². The monoisotopic (exact) mass is 595 g/mol. The minimum Gasteiger partial charge on any atom is -0.352 e. The van der Waals surface area contributed by atoms with E-state index in [2.05, 4.69) is 5.32 Å². The summed E-state index contributed by atoms with van der Waals surface area (Å²) in [5, 5.41) is 3.90. The van der Waals surface area contributed by atoms with E-state index in [0.29, 0.717) is 22.2 Å². The Balaban J connectivity index is 1.76. The molecule has 39 heavy (non-hydrogen) atoms. The number of nitrogens with one attached hydrogen (secondary N) is 1. The van der Waals surface area contributed by atoms with E-state index in [1.54, 1.807) is 30.0 Å². The third-order valence-corrected chi connectivity index (χ3v) is 9.16. The van der Waals surface area contributed by atoms with Gasteiger partial charge in [-0.1, -0.05) is 60.7 Å². The van der Waals surface area contributed by atoms with E-state index >= 15 is 0 Å². The summed E-state index contributed by atoms with van der Waals surface area (Å²) >= 11 is 12.3. The molecule has 2 aromatic carbocycles. The van der Waals surface area contributed by atoms with Crippen LogP contribution in [-0.4, -0.2) is 50.0 Å². The summed E-state index contributed by atoms with van der Waals surface area (Å²) in [6.07, 6.45) is 6.79. The molecule has 0 spiro atoms. The molecule has 7 nitrogen and oxygen atoms in total. The Kier molecular flexibility index (Phi) is 11.1. The third-order valence-electron chi connectivity index (χ3n) is 7.24. The summed E-state index contributed by atoms with van der Waals surface area (Å²) in [5.74, 6) is -0.426. The number of halogens is 2. The Morgan fingerprint density at radius 3 is 2.36 bits per heavy atom. The van der Waals surface area contributed by atoms with Crippen LogP contribution in [-0.2, 0) is 26.2 Å². The van der Waals surface area contributed by atoms with Crippen molar-refractivity contribution in [2.75, 3.05) is 17.1 Å². The maximum Gasteiger partial charge on any atom is 0.242 e. The average Bonchev–Trinajstić information content (AvgIpc) is 2.88. The van der Waals surface area contributed by atoms with Gasteiger partial charge in [-0.3, -0.25) is 13.9 Å². The summed E-state index contributed by atoms with van der Waals surface area (Å²) in [5.41, 5.74) is 3.15. The minimum atomic E-state index is -3.56. The Bertz CT molecular complexity index is 1280. The van der Waals surface area contributed by atoms with Gasteiger partial charge in [0.1, 0.15) is 6.04 Å². The fourth-order valence-electron chi connectivity index (χ4n) is 4.96. The maximum atomic E-state index is 13.5. The quantitative estimate of drug-likeness (QED) is 0.344. The van der Waals surface area contributed by atoms with Crippen molar-refractivity contribution in [1.29, 1.82) is 0 Å². The first-order chi connectivity index (χ1) is 18.4. The van der Waals surface area contributed by atoms with Gasteiger partial charge in [0.05, 0.1) is 22.0 Å². The van der Waals surface area contributed by atoms with Crippen LogP contribution in [0.1, 0.15) is 68.6 Å². The van der Waals surface area contributed by atoms with Crippen LogP contribution >= 0.6 is 23.2 Å². The molecule has 1 aliphatic carbocycles. The number of aryl methyl sites for hydroxylation is 2. The largest absolute Gasteiger partial charge is 0.352 e. The Hall–Kier alpha value is -2.29. The highest BCUT2D eigenvalue weighted by Crippen LogP contribution is 2.26. The zero-order chi connectivity index (χ0) is 28.7. The lowest BCUT2D eigenvalue weighted by Gasteiger charge is -2.31. The maximum absolute atomic E-state index is 13.5. The molecule has 10 heteroatoms. The molecule has 2 amide bonds. The Morgan fingerprint density at radius 2 is 1.72 bits per heavy atom. The molecule has 0 unspecified atom stereocenters. The van der Waals surface area contributed by atoms with Gasteiger partial charge in [-0.15, -0.1) is 0 Å². The molecule has 0 heterocycles. The predicted molar refractivity (Wildman–Crippen MR) is 159 cm³/mol. The van der Waals surface area contributed by atoms with Gasteiger partial charge < -0.3 is 10.2 Å². The van der Waals surface area contributed by atoms with E-state index in [1.165, 1.54) is 17.0 Å². The van der Waals surface area contributed by atoms with Gasteiger partial charge in [0.15, 0.2) is 0 Å². The zero-order valence-corrected chi connectivity index (χ0v) is 25.5. The summed E-state index contributed by atoms with van der Waals surface area (Å²) in [7, 11) is -3.56. The first-order valence-electron chi connectivity index (χ1n) is 13.5. The second-order valence-corrected chi connectivity index (χ2v) is 13.2. The first-order valence-corrected chi connectivity index (χ1v) is 16.1. The second kappa shape index (κ2) is 13.9. The van der Waals surface area contributed by atoms with Crippen molar-refractivity contribution in [2.24, 2.45) is 0 Å². The second-order valence-electron chi connectivity index (χ2n) is 10.5. The average molecular weight is 597 g/mol. The van der Waals surface area contributed by atoms with Crippen LogP contribution in [0, 0.1) is 13.8 Å². The van der Waals surface area contributed by atoms with E-state index in [9.17, 15) is 18.0 Å². The van der Waals surface area contributed by atoms with Crippen LogP contribution < -0.4 is 9.62 Å². The highest BCUT2D eigenvalue weighted by molar-refractivity contribution is 7.92. The standard InChI is InChI=1S/C29H39Cl2N3O4S/c1-20-12-13-21(2)27(17-20)34(39(4,37)38)16-8-11-28(35)33(19-23-14-15-25(30)26(31)18-23)22(3)29(36)32-24-9-6-5-7-10-24/h12-15,17-18,22,24H,5-11,16,19H2,1-4H3,(H,32,36)/t22-/m0/s1. The summed E-state index contributed by atoms with van der Waals surface area (Å²) < 4.78 is 26.6. The number of carbonyl (C=O) groups excluding carboxylic acids is 2. The molecule has 0 aliphatic heterocycles. The van der Waals surface area contributed by atoms with Crippen molar-refractivity contribution in [3.8, 4) is 0 Å². The molecule has 0 aromatic heterocycles. The van der Waals surface area contributed by atoms with Crippen molar-refractivity contribution in [3.05, 3.63) is 63.1 Å². The number of amides is 2. The van der Waals surface area contributed by atoms with E-state index in [4.69, 9.17) is 23.2 Å². The minimum absolute atomic E-state index is 0.0826. The van der Waals surface area contributed by atoms with Crippen molar-refractivity contribution in [1.82, 2.24) is 10.2 Å². The van der Waals surface area contributed by atoms with Crippen LogP contribution in [0.3, 0.4) is 0 Å². The van der Waals surface area contributed by atoms with Gasteiger partial charge in [0.2, 0.25) is 21.8 Å². The van der Waals surface area contributed by atoms with Gasteiger partial charge in [0.25, 0.3) is 0 Å².